The molecule has 0 unspecified atom stereocenters. The first-order valence-corrected chi connectivity index (χ1v) is 12.3. The largest absolute Gasteiger partial charge is 0.494 e. The highest BCUT2D eigenvalue weighted by Gasteiger charge is 2.34. The van der Waals surface area contributed by atoms with Crippen molar-refractivity contribution in [3.8, 4) is 5.75 Å². The number of ether oxygens (including phenoxy) is 1. The van der Waals surface area contributed by atoms with Gasteiger partial charge in [0.25, 0.3) is 0 Å². The molecule has 170 valence electrons. The number of hydrogen-bond donors (Lipinski definition) is 1. The van der Waals surface area contributed by atoms with Crippen LogP contribution in [0.25, 0.3) is 0 Å². The number of anilines is 2. The molecule has 3 aromatic rings. The van der Waals surface area contributed by atoms with E-state index in [2.05, 4.69) is 5.32 Å². The average molecular weight is 461 g/mol. The van der Waals surface area contributed by atoms with Gasteiger partial charge in [0, 0.05) is 11.4 Å². The summed E-state index contributed by atoms with van der Waals surface area (Å²) in [5.41, 5.74) is 3.55. The third-order valence-corrected chi connectivity index (χ3v) is 6.87. The number of nitrogens with one attached hydrogen (secondary N) is 1. The molecule has 0 aromatic heterocycles. The number of carbonyl (C=O) groups is 2. The molecule has 0 radical (unpaired) electrons. The monoisotopic (exact) mass is 460 g/mol. The molecule has 3 aromatic carbocycles. The number of amides is 2. The van der Waals surface area contributed by atoms with E-state index in [0.717, 1.165) is 28.3 Å². The molecule has 0 bridgehead atoms. The topological polar surface area (TPSA) is 58.6 Å². The maximum atomic E-state index is 13.0. The van der Waals surface area contributed by atoms with Crippen LogP contribution in [0, 0.1) is 0 Å². The van der Waals surface area contributed by atoms with Gasteiger partial charge in [-0.05, 0) is 60.9 Å². The Morgan fingerprint density at radius 2 is 1.82 bits per heavy atom. The van der Waals surface area contributed by atoms with Gasteiger partial charge in [-0.2, -0.15) is 0 Å². The van der Waals surface area contributed by atoms with E-state index in [1.54, 1.807) is 11.8 Å². The van der Waals surface area contributed by atoms with E-state index in [1.807, 2.05) is 97.6 Å². The first-order chi connectivity index (χ1) is 16.1. The molecule has 0 saturated carbocycles. The Morgan fingerprint density at radius 3 is 2.52 bits per heavy atom. The number of rotatable bonds is 8. The van der Waals surface area contributed by atoms with Gasteiger partial charge in [-0.25, -0.2) is 0 Å². The molecule has 0 spiro atoms. The molecule has 2 atom stereocenters. The van der Waals surface area contributed by atoms with Crippen molar-refractivity contribution in [1.82, 2.24) is 0 Å². The molecule has 1 N–H and O–H groups in total. The van der Waals surface area contributed by atoms with Crippen LogP contribution in [0.4, 0.5) is 11.4 Å². The van der Waals surface area contributed by atoms with Crippen LogP contribution < -0.4 is 15.0 Å². The molecule has 1 fully saturated rings. The molecule has 1 saturated heterocycles. The number of nitrogens with zero attached hydrogens (tertiary/aromatic N) is 1. The molecular weight excluding hydrogens is 432 g/mol. The van der Waals surface area contributed by atoms with Crippen molar-refractivity contribution >= 4 is 35.0 Å². The van der Waals surface area contributed by atoms with Crippen LogP contribution in [-0.4, -0.2) is 24.2 Å². The van der Waals surface area contributed by atoms with Crippen LogP contribution in [-0.2, 0) is 9.59 Å². The minimum Gasteiger partial charge on any atom is -0.494 e. The summed E-state index contributed by atoms with van der Waals surface area (Å²) in [6, 6.07) is 25.2. The number of thioether (sulfide) groups is 1. The lowest BCUT2D eigenvalue weighted by Gasteiger charge is -2.25. The predicted octanol–water partition coefficient (Wildman–Crippen LogP) is 6.00. The van der Waals surface area contributed by atoms with Gasteiger partial charge < -0.3 is 10.1 Å². The van der Waals surface area contributed by atoms with Crippen LogP contribution >= 0.6 is 11.8 Å². The van der Waals surface area contributed by atoms with Crippen LogP contribution in [0.2, 0.25) is 0 Å². The fourth-order valence-electron chi connectivity index (χ4n) is 4.08. The fraction of sp³-hybridized carbons (Fsp3) is 0.259. The summed E-state index contributed by atoms with van der Waals surface area (Å²) in [6.45, 7) is 4.56. The van der Waals surface area contributed by atoms with Gasteiger partial charge in [0.1, 0.15) is 11.1 Å². The summed E-state index contributed by atoms with van der Waals surface area (Å²) < 4.78 is 5.53. The second-order valence-electron chi connectivity index (χ2n) is 7.84. The standard InChI is InChI=1S/C27H28N2O3S/c1-3-24(19-9-6-5-7-10-19)26(31)28-21-12-8-11-20(17-21)27-29(25(30)18-33-27)22-13-15-23(16-14-22)32-4-2/h5-17,24,27H,3-4,18H2,1-2H3,(H,28,31)/t24-,27+/m1/s1. The predicted molar refractivity (Wildman–Crippen MR) is 135 cm³/mol. The minimum absolute atomic E-state index is 0.0284. The molecule has 5 nitrogen and oxygen atoms in total. The lowest BCUT2D eigenvalue weighted by atomic mass is 9.95. The van der Waals surface area contributed by atoms with E-state index in [9.17, 15) is 9.59 Å². The molecule has 2 amide bonds. The third-order valence-electron chi connectivity index (χ3n) is 5.66. The van der Waals surface area contributed by atoms with E-state index in [1.165, 1.54) is 0 Å². The van der Waals surface area contributed by atoms with Gasteiger partial charge in [-0.15, -0.1) is 11.8 Å². The highest BCUT2D eigenvalue weighted by Crippen LogP contribution is 2.42. The highest BCUT2D eigenvalue weighted by molar-refractivity contribution is 8.00. The van der Waals surface area contributed by atoms with Gasteiger partial charge >= 0.3 is 0 Å². The summed E-state index contributed by atoms with van der Waals surface area (Å²) in [7, 11) is 0. The van der Waals surface area contributed by atoms with Crippen molar-refractivity contribution in [2.45, 2.75) is 31.6 Å². The summed E-state index contributed by atoms with van der Waals surface area (Å²) in [5, 5.41) is 2.92. The van der Waals surface area contributed by atoms with Crippen LogP contribution in [0.5, 0.6) is 5.75 Å². The van der Waals surface area contributed by atoms with Crippen LogP contribution in [0.1, 0.15) is 42.7 Å². The van der Waals surface area contributed by atoms with Crippen molar-refractivity contribution in [1.29, 1.82) is 0 Å². The highest BCUT2D eigenvalue weighted by atomic mass is 32.2. The second kappa shape index (κ2) is 10.6. The summed E-state index contributed by atoms with van der Waals surface area (Å²) in [5.74, 6) is 1.03. The summed E-state index contributed by atoms with van der Waals surface area (Å²) in [6.07, 6.45) is 0.716. The smallest absolute Gasteiger partial charge is 0.238 e. The lowest BCUT2D eigenvalue weighted by molar-refractivity contribution is -0.118. The zero-order chi connectivity index (χ0) is 23.2. The Kier molecular flexibility index (Phi) is 7.35. The maximum Gasteiger partial charge on any atom is 0.238 e. The van der Waals surface area contributed by atoms with Gasteiger partial charge in [0.2, 0.25) is 11.8 Å². The van der Waals surface area contributed by atoms with Crippen molar-refractivity contribution in [2.75, 3.05) is 22.6 Å². The van der Waals surface area contributed by atoms with Gasteiger partial charge in [-0.3, -0.25) is 14.5 Å². The zero-order valence-corrected chi connectivity index (χ0v) is 19.7. The van der Waals surface area contributed by atoms with Crippen LogP contribution in [0.15, 0.2) is 78.9 Å². The molecule has 1 aliphatic heterocycles. The van der Waals surface area contributed by atoms with Crippen molar-refractivity contribution in [3.05, 3.63) is 90.0 Å². The van der Waals surface area contributed by atoms with Gasteiger partial charge in [0.05, 0.1) is 18.3 Å². The second-order valence-corrected chi connectivity index (χ2v) is 8.91. The molecule has 1 aliphatic rings. The first-order valence-electron chi connectivity index (χ1n) is 11.2. The average Bonchev–Trinajstić information content (AvgIpc) is 3.22. The number of benzene rings is 3. The van der Waals surface area contributed by atoms with Crippen LogP contribution in [0.3, 0.4) is 0 Å². The molecule has 4 rings (SSSR count). The van der Waals surface area contributed by atoms with Gasteiger partial charge in [0.15, 0.2) is 0 Å². The Morgan fingerprint density at radius 1 is 1.06 bits per heavy atom. The molecule has 1 heterocycles. The molecule has 6 heteroatoms. The quantitative estimate of drug-likeness (QED) is 0.448. The number of hydrogen-bond acceptors (Lipinski definition) is 4. The van der Waals surface area contributed by atoms with E-state index < -0.39 is 0 Å². The van der Waals surface area contributed by atoms with E-state index in [4.69, 9.17) is 4.74 Å². The molecule has 33 heavy (non-hydrogen) atoms. The number of carbonyl (C=O) groups excluding carboxylic acids is 2. The van der Waals surface area contributed by atoms with Crippen molar-refractivity contribution in [3.63, 3.8) is 0 Å². The Bertz CT molecular complexity index is 1100. The minimum atomic E-state index is -0.211. The van der Waals surface area contributed by atoms with E-state index in [-0.39, 0.29) is 23.1 Å². The van der Waals surface area contributed by atoms with Crippen molar-refractivity contribution in [2.24, 2.45) is 0 Å². The Balaban J connectivity index is 1.53. The molecular formula is C27H28N2O3S. The fourth-order valence-corrected chi connectivity index (χ4v) is 5.24. The first kappa shape index (κ1) is 22.9. The van der Waals surface area contributed by atoms with Crippen molar-refractivity contribution < 1.29 is 14.3 Å². The Hall–Kier alpha value is -3.25. The zero-order valence-electron chi connectivity index (χ0n) is 18.9. The summed E-state index contributed by atoms with van der Waals surface area (Å²) >= 11 is 1.59. The summed E-state index contributed by atoms with van der Waals surface area (Å²) in [4.78, 5) is 27.5. The lowest BCUT2D eigenvalue weighted by Crippen LogP contribution is -2.27. The normalized spacial score (nSPS) is 16.5. The SMILES string of the molecule is CCOc1ccc(N2C(=O)CS[C@H]2c2cccc(NC(=O)[C@H](CC)c3ccccc3)c2)cc1. The third kappa shape index (κ3) is 5.22. The Labute approximate surface area is 199 Å². The van der Waals surface area contributed by atoms with E-state index in [0.29, 0.717) is 18.8 Å². The molecule has 0 aliphatic carbocycles. The maximum absolute atomic E-state index is 13.0. The van der Waals surface area contributed by atoms with E-state index >= 15 is 0 Å². The van der Waals surface area contributed by atoms with Gasteiger partial charge in [-0.1, -0.05) is 49.4 Å².